The number of benzene rings is 1. The summed E-state index contributed by atoms with van der Waals surface area (Å²) in [5.74, 6) is -1.24. The molecule has 3 aromatic rings. The largest absolute Gasteiger partial charge is 0.442 e. The van der Waals surface area contributed by atoms with Gasteiger partial charge in [0.05, 0.1) is 4.88 Å². The molecule has 0 spiro atoms. The molecule has 23 heavy (non-hydrogen) atoms. The number of hydrogen-bond acceptors (Lipinski definition) is 5. The maximum atomic E-state index is 13.5. The average molecular weight is 333 g/mol. The lowest BCUT2D eigenvalue weighted by atomic mass is 10.2. The van der Waals surface area contributed by atoms with E-state index < -0.39 is 17.5 Å². The van der Waals surface area contributed by atoms with Crippen molar-refractivity contribution in [1.82, 2.24) is 15.0 Å². The number of carbonyl (C=O) groups is 1. The molecule has 0 atom stereocenters. The molecule has 2 aromatic heterocycles. The number of nitrogens with one attached hydrogen (secondary N) is 1. The highest BCUT2D eigenvalue weighted by molar-refractivity contribution is 7.13. The molecule has 1 amide bonds. The minimum atomic E-state index is -0.713. The number of halogens is 1. The second-order valence-electron chi connectivity index (χ2n) is 4.70. The van der Waals surface area contributed by atoms with E-state index in [9.17, 15) is 14.0 Å². The van der Waals surface area contributed by atoms with Gasteiger partial charge in [0.15, 0.2) is 5.82 Å². The monoisotopic (exact) mass is 333 g/mol. The van der Waals surface area contributed by atoms with Crippen molar-refractivity contribution in [2.75, 3.05) is 0 Å². The van der Waals surface area contributed by atoms with Gasteiger partial charge in [0, 0.05) is 12.1 Å². The van der Waals surface area contributed by atoms with Gasteiger partial charge in [-0.05, 0) is 17.5 Å². The van der Waals surface area contributed by atoms with Crippen LogP contribution in [0.1, 0.15) is 5.56 Å². The highest BCUT2D eigenvalue weighted by Crippen LogP contribution is 2.21. The van der Waals surface area contributed by atoms with Crippen LogP contribution in [0.3, 0.4) is 0 Å². The van der Waals surface area contributed by atoms with Crippen molar-refractivity contribution in [2.45, 2.75) is 13.1 Å². The molecule has 118 valence electrons. The fourth-order valence-electron chi connectivity index (χ4n) is 2.03. The van der Waals surface area contributed by atoms with E-state index in [0.29, 0.717) is 11.4 Å². The SMILES string of the molecule is O=C(Cn1c(-c2cccs2)noc1=O)NCc1ccccc1F. The van der Waals surface area contributed by atoms with Crippen LogP contribution in [0.15, 0.2) is 51.1 Å². The van der Waals surface area contributed by atoms with Gasteiger partial charge in [0.25, 0.3) is 0 Å². The molecule has 0 aliphatic heterocycles. The fraction of sp³-hybridized carbons (Fsp3) is 0.133. The summed E-state index contributed by atoms with van der Waals surface area (Å²) >= 11 is 1.38. The van der Waals surface area contributed by atoms with Gasteiger partial charge < -0.3 is 5.32 Å². The lowest BCUT2D eigenvalue weighted by Gasteiger charge is -2.07. The van der Waals surface area contributed by atoms with Crippen LogP contribution in [0.2, 0.25) is 0 Å². The van der Waals surface area contributed by atoms with Crippen molar-refractivity contribution in [1.29, 1.82) is 0 Å². The zero-order chi connectivity index (χ0) is 16.2. The summed E-state index contributed by atoms with van der Waals surface area (Å²) in [4.78, 5) is 24.4. The number of hydrogen-bond donors (Lipinski definition) is 1. The first-order valence-electron chi connectivity index (χ1n) is 6.75. The molecule has 1 aromatic carbocycles. The summed E-state index contributed by atoms with van der Waals surface area (Å²) < 4.78 is 19.3. The predicted octanol–water partition coefficient (Wildman–Crippen LogP) is 2.02. The maximum Gasteiger partial charge on any atom is 0.442 e. The summed E-state index contributed by atoms with van der Waals surface area (Å²) in [5, 5.41) is 8.09. The van der Waals surface area contributed by atoms with E-state index in [0.717, 1.165) is 9.44 Å². The molecule has 3 rings (SSSR count). The lowest BCUT2D eigenvalue weighted by molar-refractivity contribution is -0.121. The quantitative estimate of drug-likeness (QED) is 0.775. The minimum absolute atomic E-state index is 0.0415. The predicted molar refractivity (Wildman–Crippen MR) is 82.3 cm³/mol. The summed E-state index contributed by atoms with van der Waals surface area (Å²) in [6, 6.07) is 9.74. The van der Waals surface area contributed by atoms with Crippen LogP contribution in [0.25, 0.3) is 10.7 Å². The van der Waals surface area contributed by atoms with E-state index in [-0.39, 0.29) is 13.1 Å². The van der Waals surface area contributed by atoms with E-state index in [1.54, 1.807) is 24.3 Å². The highest BCUT2D eigenvalue weighted by atomic mass is 32.1. The summed E-state index contributed by atoms with van der Waals surface area (Å²) in [6.07, 6.45) is 0. The smallest absolute Gasteiger partial charge is 0.350 e. The Hall–Kier alpha value is -2.74. The Kier molecular flexibility index (Phi) is 4.33. The summed E-state index contributed by atoms with van der Waals surface area (Å²) in [6.45, 7) is -0.204. The van der Waals surface area contributed by atoms with Gasteiger partial charge in [-0.15, -0.1) is 11.3 Å². The van der Waals surface area contributed by atoms with Crippen molar-refractivity contribution in [3.63, 3.8) is 0 Å². The van der Waals surface area contributed by atoms with E-state index in [2.05, 4.69) is 15.0 Å². The first-order valence-corrected chi connectivity index (χ1v) is 7.63. The Morgan fingerprint density at radius 1 is 1.30 bits per heavy atom. The van der Waals surface area contributed by atoms with Gasteiger partial charge in [-0.2, -0.15) is 0 Å². The average Bonchev–Trinajstić information content (AvgIpc) is 3.17. The molecule has 1 N–H and O–H groups in total. The van der Waals surface area contributed by atoms with Crippen molar-refractivity contribution in [3.05, 3.63) is 63.7 Å². The molecule has 0 radical (unpaired) electrons. The third-order valence-corrected chi connectivity index (χ3v) is 4.03. The summed E-state index contributed by atoms with van der Waals surface area (Å²) in [7, 11) is 0. The van der Waals surface area contributed by atoms with Gasteiger partial charge >= 0.3 is 5.76 Å². The Bertz CT molecular complexity index is 870. The summed E-state index contributed by atoms with van der Waals surface area (Å²) in [5.41, 5.74) is 0.372. The van der Waals surface area contributed by atoms with Gasteiger partial charge in [0.2, 0.25) is 5.91 Å². The van der Waals surface area contributed by atoms with E-state index >= 15 is 0 Å². The lowest BCUT2D eigenvalue weighted by Crippen LogP contribution is -2.31. The number of rotatable bonds is 5. The Morgan fingerprint density at radius 3 is 2.87 bits per heavy atom. The van der Waals surface area contributed by atoms with Gasteiger partial charge in [-0.25, -0.2) is 13.8 Å². The van der Waals surface area contributed by atoms with Crippen molar-refractivity contribution in [3.8, 4) is 10.7 Å². The molecule has 0 saturated heterocycles. The molecule has 8 heteroatoms. The minimum Gasteiger partial charge on any atom is -0.350 e. The topological polar surface area (TPSA) is 77.1 Å². The van der Waals surface area contributed by atoms with E-state index in [1.165, 1.54) is 17.4 Å². The first kappa shape index (κ1) is 15.2. The fourth-order valence-corrected chi connectivity index (χ4v) is 2.74. The van der Waals surface area contributed by atoms with Crippen LogP contribution in [-0.2, 0) is 17.9 Å². The van der Waals surface area contributed by atoms with E-state index in [4.69, 9.17) is 0 Å². The first-order chi connectivity index (χ1) is 11.1. The van der Waals surface area contributed by atoms with E-state index in [1.807, 2.05) is 11.4 Å². The molecule has 0 aliphatic carbocycles. The second kappa shape index (κ2) is 6.57. The Balaban J connectivity index is 1.70. The van der Waals surface area contributed by atoms with Crippen molar-refractivity contribution >= 4 is 17.2 Å². The van der Waals surface area contributed by atoms with Crippen LogP contribution in [0, 0.1) is 5.82 Å². The zero-order valence-electron chi connectivity index (χ0n) is 11.9. The molecular weight excluding hydrogens is 321 g/mol. The zero-order valence-corrected chi connectivity index (χ0v) is 12.7. The van der Waals surface area contributed by atoms with Gasteiger partial charge in [-0.3, -0.25) is 9.32 Å². The van der Waals surface area contributed by atoms with Crippen LogP contribution in [0.5, 0.6) is 0 Å². The number of carbonyl (C=O) groups excluding carboxylic acids is 1. The van der Waals surface area contributed by atoms with Gasteiger partial charge in [0.1, 0.15) is 12.4 Å². The van der Waals surface area contributed by atoms with Gasteiger partial charge in [-0.1, -0.05) is 29.4 Å². The number of aromatic nitrogens is 2. The third-order valence-electron chi connectivity index (χ3n) is 3.16. The standard InChI is InChI=1S/C15H12FN3O3S/c16-11-5-2-1-4-10(11)8-17-13(20)9-19-14(18-22-15(19)21)12-6-3-7-23-12/h1-7H,8-9H2,(H,17,20). The third kappa shape index (κ3) is 3.37. The molecule has 0 unspecified atom stereocenters. The molecule has 0 bridgehead atoms. The number of nitrogens with zero attached hydrogens (tertiary/aromatic N) is 2. The molecule has 2 heterocycles. The van der Waals surface area contributed by atoms with Crippen molar-refractivity contribution in [2.24, 2.45) is 0 Å². The molecular formula is C15H12FN3O3S. The molecule has 6 nitrogen and oxygen atoms in total. The molecule has 0 saturated carbocycles. The van der Waals surface area contributed by atoms with Crippen LogP contribution in [-0.4, -0.2) is 15.6 Å². The van der Waals surface area contributed by atoms with Crippen LogP contribution in [0.4, 0.5) is 4.39 Å². The van der Waals surface area contributed by atoms with Crippen LogP contribution < -0.4 is 11.1 Å². The maximum absolute atomic E-state index is 13.5. The number of thiophene rings is 1. The molecule has 0 aliphatic rings. The normalized spacial score (nSPS) is 10.7. The van der Waals surface area contributed by atoms with Crippen LogP contribution >= 0.6 is 11.3 Å². The molecule has 0 fully saturated rings. The second-order valence-corrected chi connectivity index (χ2v) is 5.65. The highest BCUT2D eigenvalue weighted by Gasteiger charge is 2.16. The Labute approximate surface area is 134 Å². The van der Waals surface area contributed by atoms with Crippen molar-refractivity contribution < 1.29 is 13.7 Å². The Morgan fingerprint density at radius 2 is 2.13 bits per heavy atom. The number of amides is 1.